The lowest BCUT2D eigenvalue weighted by molar-refractivity contribution is -0.0241. The highest BCUT2D eigenvalue weighted by Crippen LogP contribution is 2.42. The zero-order valence-electron chi connectivity index (χ0n) is 25.7. The zero-order chi connectivity index (χ0) is 31.2. The number of carbonyl (C=O) groups excluding carboxylic acids is 2. The molecule has 2 aromatic carbocycles. The average molecular weight is 642 g/mol. The predicted octanol–water partition coefficient (Wildman–Crippen LogP) is 7.90. The predicted molar refractivity (Wildman–Crippen MR) is 173 cm³/mol. The number of ether oxygens (including phenoxy) is 3. The number of hydrogen-bond donors (Lipinski definition) is 0. The van der Waals surface area contributed by atoms with Gasteiger partial charge in [-0.05, 0) is 106 Å². The van der Waals surface area contributed by atoms with Crippen molar-refractivity contribution in [3.8, 4) is 5.75 Å². The van der Waals surface area contributed by atoms with E-state index in [0.29, 0.717) is 42.5 Å². The van der Waals surface area contributed by atoms with E-state index in [1.54, 1.807) is 19.9 Å². The van der Waals surface area contributed by atoms with Crippen molar-refractivity contribution in [1.82, 2.24) is 0 Å². The van der Waals surface area contributed by atoms with Crippen molar-refractivity contribution in [2.45, 2.75) is 78.0 Å². The van der Waals surface area contributed by atoms with E-state index in [9.17, 15) is 13.8 Å². The van der Waals surface area contributed by atoms with E-state index in [1.807, 2.05) is 43.3 Å². The normalized spacial score (nSPS) is 25.7. The van der Waals surface area contributed by atoms with Crippen molar-refractivity contribution in [1.29, 1.82) is 0 Å². The van der Waals surface area contributed by atoms with Crippen LogP contribution in [0, 0.1) is 17.8 Å². The second-order valence-electron chi connectivity index (χ2n) is 12.4. The van der Waals surface area contributed by atoms with Crippen LogP contribution in [0.15, 0.2) is 52.9 Å². The summed E-state index contributed by atoms with van der Waals surface area (Å²) < 4.78 is 34.4. The molecule has 44 heavy (non-hydrogen) atoms. The molecule has 1 fully saturated rings. The number of carbonyl (C=O) groups is 2. The van der Waals surface area contributed by atoms with Crippen LogP contribution < -0.4 is 9.64 Å². The van der Waals surface area contributed by atoms with Crippen molar-refractivity contribution in [2.24, 2.45) is 22.1 Å². The SMILES string of the molecule is CC(C)OC(=O)O[C@H]1/C=C/C[C@H](C)C[S-](=O)=NC(=O)c2ccc3c(c2)N(Cc2ccc(Cl)cc2CCCCO3)C[C@@H]2CC[C@H]21. The average Bonchev–Trinajstić information content (AvgIpc) is 2.97. The molecule has 0 radical (unpaired) electrons. The van der Waals surface area contributed by atoms with Gasteiger partial charge in [0.15, 0.2) is 0 Å². The van der Waals surface area contributed by atoms with Crippen LogP contribution in [-0.2, 0) is 37.2 Å². The summed E-state index contributed by atoms with van der Waals surface area (Å²) in [6, 6.07) is 11.4. The number of aryl methyl sites for hydroxylation is 1. The minimum atomic E-state index is -1.68. The molecular weight excluding hydrogens is 600 g/mol. The molecule has 2 aliphatic heterocycles. The molecule has 1 saturated carbocycles. The van der Waals surface area contributed by atoms with Gasteiger partial charge in [0.1, 0.15) is 11.9 Å². The van der Waals surface area contributed by atoms with Crippen LogP contribution in [0.3, 0.4) is 0 Å². The molecule has 0 aromatic heterocycles. The molecule has 0 saturated heterocycles. The van der Waals surface area contributed by atoms with E-state index < -0.39 is 28.8 Å². The fourth-order valence-electron chi connectivity index (χ4n) is 6.13. The van der Waals surface area contributed by atoms with Crippen molar-refractivity contribution in [3.05, 3.63) is 70.3 Å². The molecule has 0 spiro atoms. The van der Waals surface area contributed by atoms with Gasteiger partial charge in [-0.3, -0.25) is 4.79 Å². The maximum Gasteiger partial charge on any atom is 0.509 e. The lowest BCUT2D eigenvalue weighted by atomic mass is 9.70. The molecule has 1 aliphatic carbocycles. The quantitative estimate of drug-likeness (QED) is 0.187. The molecule has 238 valence electrons. The monoisotopic (exact) mass is 641 g/mol. The molecule has 0 unspecified atom stereocenters. The Morgan fingerprint density at radius 2 is 1.98 bits per heavy atom. The van der Waals surface area contributed by atoms with Crippen molar-refractivity contribution in [3.63, 3.8) is 0 Å². The summed E-state index contributed by atoms with van der Waals surface area (Å²) in [7, 11) is -1.68. The maximum absolute atomic E-state index is 13.2. The van der Waals surface area contributed by atoms with Gasteiger partial charge in [-0.1, -0.05) is 42.3 Å². The molecular formula is C34H42ClN2O6S-. The Morgan fingerprint density at radius 3 is 2.75 bits per heavy atom. The lowest BCUT2D eigenvalue weighted by Crippen LogP contribution is -2.44. The molecule has 2 heterocycles. The number of halogens is 1. The zero-order valence-corrected chi connectivity index (χ0v) is 27.3. The molecule has 2 bridgehead atoms. The maximum atomic E-state index is 13.2. The van der Waals surface area contributed by atoms with E-state index in [-0.39, 0.29) is 29.6 Å². The molecule has 1 amide bonds. The Bertz CT molecular complexity index is 1470. The molecule has 4 atom stereocenters. The van der Waals surface area contributed by atoms with Crippen molar-refractivity contribution >= 4 is 39.9 Å². The standard InChI is InChI=1S/C34H42ClN2O6S/c1-22(2)42-34(39)43-31-9-6-7-23(3)21-44(40)36-33(38)25-12-15-32-30(18-25)37(20-27-11-14-29(27)31)19-26-10-13-28(35)17-24(26)8-4-5-16-41-32/h6,9-10,12-13,15,17-18,22-23,27,29,31H,4-5,7-8,11,14,16,19-21H2,1-3H3/q-1/b9-6+/t23-,27-,29+,31-/m0/s1. The van der Waals surface area contributed by atoms with E-state index in [1.165, 1.54) is 5.56 Å². The van der Waals surface area contributed by atoms with E-state index in [0.717, 1.165) is 43.4 Å². The van der Waals surface area contributed by atoms with Gasteiger partial charge in [0.25, 0.3) is 5.91 Å². The Hall–Kier alpha value is -3.04. The van der Waals surface area contributed by atoms with Crippen LogP contribution >= 0.6 is 11.6 Å². The van der Waals surface area contributed by atoms with E-state index in [2.05, 4.69) is 15.3 Å². The third-order valence-corrected chi connectivity index (χ3v) is 10.0. The first-order valence-electron chi connectivity index (χ1n) is 15.6. The second kappa shape index (κ2) is 14.8. The number of allylic oxidation sites excluding steroid dienone is 1. The van der Waals surface area contributed by atoms with Gasteiger partial charge in [0, 0.05) is 29.6 Å². The van der Waals surface area contributed by atoms with Gasteiger partial charge < -0.3 is 27.7 Å². The van der Waals surface area contributed by atoms with E-state index in [4.69, 9.17) is 25.8 Å². The molecule has 10 heteroatoms. The third kappa shape index (κ3) is 8.36. The number of hydrogen-bond acceptors (Lipinski definition) is 8. The number of rotatable bonds is 2. The minimum absolute atomic E-state index is 0.0156. The van der Waals surface area contributed by atoms with Crippen LogP contribution in [0.25, 0.3) is 0 Å². The molecule has 2 aromatic rings. The molecule has 5 rings (SSSR count). The van der Waals surface area contributed by atoms with Gasteiger partial charge in [0.05, 0.1) is 18.4 Å². The first-order chi connectivity index (χ1) is 21.2. The van der Waals surface area contributed by atoms with Crippen LogP contribution in [0.4, 0.5) is 10.5 Å². The number of fused-ring (bicyclic) bond motifs is 3. The van der Waals surface area contributed by atoms with Crippen LogP contribution in [-0.4, -0.2) is 43.2 Å². The smallest absolute Gasteiger partial charge is 0.491 e. The first-order valence-corrected chi connectivity index (χ1v) is 17.3. The fourth-order valence-corrected chi connectivity index (χ4v) is 7.31. The number of anilines is 1. The second-order valence-corrected chi connectivity index (χ2v) is 14.0. The molecule has 8 nitrogen and oxygen atoms in total. The number of amides is 1. The van der Waals surface area contributed by atoms with Crippen LogP contribution in [0.1, 0.15) is 74.4 Å². The number of nitrogens with zero attached hydrogens (tertiary/aromatic N) is 2. The third-order valence-electron chi connectivity index (χ3n) is 8.57. The highest BCUT2D eigenvalue weighted by molar-refractivity contribution is 7.75. The molecule has 0 N–H and O–H groups in total. The van der Waals surface area contributed by atoms with Gasteiger partial charge in [0.2, 0.25) is 0 Å². The molecule has 3 aliphatic rings. The first kappa shape index (κ1) is 32.4. The van der Waals surface area contributed by atoms with Gasteiger partial charge in [-0.2, -0.15) is 10.6 Å². The van der Waals surface area contributed by atoms with Crippen molar-refractivity contribution < 1.29 is 28.0 Å². The van der Waals surface area contributed by atoms with Gasteiger partial charge in [-0.25, -0.2) is 4.79 Å². The summed E-state index contributed by atoms with van der Waals surface area (Å²) in [5.41, 5.74) is 3.53. The Kier molecular flexibility index (Phi) is 10.9. The Labute approximate surface area is 267 Å². The largest absolute Gasteiger partial charge is 0.509 e. The summed E-state index contributed by atoms with van der Waals surface area (Å²) in [6.07, 6.45) is 7.76. The topological polar surface area (TPSA) is 94.5 Å². The Morgan fingerprint density at radius 1 is 1.14 bits per heavy atom. The van der Waals surface area contributed by atoms with Crippen molar-refractivity contribution in [2.75, 3.05) is 23.8 Å². The summed E-state index contributed by atoms with van der Waals surface area (Å²) in [5.74, 6) is 0.770. The van der Waals surface area contributed by atoms with Crippen LogP contribution in [0.5, 0.6) is 5.75 Å². The Balaban J connectivity index is 1.57. The summed E-state index contributed by atoms with van der Waals surface area (Å²) >= 11 is 6.42. The van der Waals surface area contributed by atoms with Crippen LogP contribution in [0.2, 0.25) is 5.02 Å². The van der Waals surface area contributed by atoms with Gasteiger partial charge >= 0.3 is 6.16 Å². The fraction of sp³-hybridized carbons (Fsp3) is 0.529. The number of benzene rings is 2. The summed E-state index contributed by atoms with van der Waals surface area (Å²) in [5, 5.41) is 0.708. The summed E-state index contributed by atoms with van der Waals surface area (Å²) in [6.45, 7) is 7.36. The minimum Gasteiger partial charge on any atom is -0.491 e. The lowest BCUT2D eigenvalue weighted by Gasteiger charge is -2.43. The van der Waals surface area contributed by atoms with Gasteiger partial charge in [-0.15, -0.1) is 0 Å². The highest BCUT2D eigenvalue weighted by Gasteiger charge is 2.40. The summed E-state index contributed by atoms with van der Waals surface area (Å²) in [4.78, 5) is 28.1. The van der Waals surface area contributed by atoms with E-state index >= 15 is 0 Å². The highest BCUT2D eigenvalue weighted by atomic mass is 35.5.